The van der Waals surface area contributed by atoms with E-state index in [1.807, 2.05) is 6.07 Å². The maximum absolute atomic E-state index is 12.3. The van der Waals surface area contributed by atoms with Gasteiger partial charge in [0.1, 0.15) is 6.07 Å². The van der Waals surface area contributed by atoms with Gasteiger partial charge in [-0.05, 0) is 46.3 Å². The summed E-state index contributed by atoms with van der Waals surface area (Å²) in [5, 5.41) is 9.02. The average Bonchev–Trinajstić information content (AvgIpc) is 2.72. The summed E-state index contributed by atoms with van der Waals surface area (Å²) in [5.41, 5.74) is 1.55. The summed E-state index contributed by atoms with van der Waals surface area (Å²) >= 11 is 3.25. The summed E-state index contributed by atoms with van der Waals surface area (Å²) in [5.74, 6) is -0.728. The Balaban J connectivity index is 2.12. The minimum atomic E-state index is -0.364. The molecule has 0 atom stereocenters. The van der Waals surface area contributed by atoms with Gasteiger partial charge in [-0.25, -0.2) is 4.90 Å². The van der Waals surface area contributed by atoms with Crippen molar-refractivity contribution in [2.75, 3.05) is 4.90 Å². The first-order valence-electron chi connectivity index (χ1n) is 5.81. The van der Waals surface area contributed by atoms with Crippen LogP contribution >= 0.6 is 15.9 Å². The first-order chi connectivity index (χ1) is 9.63. The highest BCUT2D eigenvalue weighted by atomic mass is 79.9. The molecule has 96 valence electrons. The van der Waals surface area contributed by atoms with Crippen molar-refractivity contribution in [1.29, 1.82) is 5.26 Å². The van der Waals surface area contributed by atoms with Crippen LogP contribution < -0.4 is 4.90 Å². The highest BCUT2D eigenvalue weighted by Gasteiger charge is 2.36. The average molecular weight is 327 g/mol. The lowest BCUT2D eigenvalue weighted by molar-refractivity contribution is 0.0926. The lowest BCUT2D eigenvalue weighted by Gasteiger charge is -2.14. The first-order valence-corrected chi connectivity index (χ1v) is 6.60. The minimum Gasteiger partial charge on any atom is -0.268 e. The predicted molar refractivity (Wildman–Crippen MR) is 76.4 cm³/mol. The van der Waals surface area contributed by atoms with E-state index in [4.69, 9.17) is 5.26 Å². The largest absolute Gasteiger partial charge is 0.268 e. The molecule has 2 aromatic rings. The van der Waals surface area contributed by atoms with Gasteiger partial charge in [-0.1, -0.05) is 12.1 Å². The van der Waals surface area contributed by atoms with Crippen LogP contribution in [-0.4, -0.2) is 11.8 Å². The van der Waals surface area contributed by atoms with Crippen molar-refractivity contribution >= 4 is 33.4 Å². The van der Waals surface area contributed by atoms with Crippen LogP contribution in [0.25, 0.3) is 0 Å². The zero-order valence-corrected chi connectivity index (χ0v) is 11.7. The predicted octanol–water partition coefficient (Wildman–Crippen LogP) is 3.12. The molecule has 0 saturated heterocycles. The molecule has 2 amide bonds. The van der Waals surface area contributed by atoms with Gasteiger partial charge in [0.25, 0.3) is 11.8 Å². The maximum Gasteiger partial charge on any atom is 0.266 e. The third kappa shape index (κ3) is 1.74. The van der Waals surface area contributed by atoms with E-state index in [1.54, 1.807) is 36.4 Å². The highest BCUT2D eigenvalue weighted by Crippen LogP contribution is 2.30. The van der Waals surface area contributed by atoms with Gasteiger partial charge >= 0.3 is 0 Å². The van der Waals surface area contributed by atoms with Gasteiger partial charge in [0.2, 0.25) is 0 Å². The normalized spacial score (nSPS) is 13.3. The molecule has 2 aromatic carbocycles. The van der Waals surface area contributed by atoms with Crippen LogP contribution in [0.1, 0.15) is 26.3 Å². The monoisotopic (exact) mass is 326 g/mol. The van der Waals surface area contributed by atoms with Crippen LogP contribution in [-0.2, 0) is 0 Å². The number of anilines is 1. The Labute approximate surface area is 123 Å². The maximum atomic E-state index is 12.3. The van der Waals surface area contributed by atoms with E-state index in [1.165, 1.54) is 6.07 Å². The third-order valence-electron chi connectivity index (χ3n) is 3.12. The van der Waals surface area contributed by atoms with Crippen molar-refractivity contribution in [1.82, 2.24) is 0 Å². The van der Waals surface area contributed by atoms with Gasteiger partial charge in [-0.3, -0.25) is 9.59 Å². The molecule has 3 rings (SSSR count). The van der Waals surface area contributed by atoms with Gasteiger partial charge in [0.05, 0.1) is 22.4 Å². The topological polar surface area (TPSA) is 61.2 Å². The summed E-state index contributed by atoms with van der Waals surface area (Å²) < 4.78 is 0.625. The molecule has 4 nitrogen and oxygen atoms in total. The Hall–Kier alpha value is -2.45. The number of nitrogens with zero attached hydrogens (tertiary/aromatic N) is 2. The molecule has 0 bridgehead atoms. The number of benzene rings is 2. The number of rotatable bonds is 1. The van der Waals surface area contributed by atoms with Crippen LogP contribution in [0.5, 0.6) is 0 Å². The van der Waals surface area contributed by atoms with Crippen molar-refractivity contribution < 1.29 is 9.59 Å². The quantitative estimate of drug-likeness (QED) is 0.756. The van der Waals surface area contributed by atoms with Crippen molar-refractivity contribution in [2.24, 2.45) is 0 Å². The summed E-state index contributed by atoms with van der Waals surface area (Å²) in [4.78, 5) is 25.7. The second kappa shape index (κ2) is 4.58. The molecule has 0 aliphatic carbocycles. The Morgan fingerprint density at radius 3 is 2.15 bits per heavy atom. The SMILES string of the molecule is N#Cc1cc(N2C(=O)c3ccccc3C2=O)ccc1Br. The number of fused-ring (bicyclic) bond motifs is 1. The summed E-state index contributed by atoms with van der Waals surface area (Å²) in [7, 11) is 0. The Bertz CT molecular complexity index is 758. The lowest BCUT2D eigenvalue weighted by atomic mass is 10.1. The fourth-order valence-corrected chi connectivity index (χ4v) is 2.50. The van der Waals surface area contributed by atoms with E-state index in [0.29, 0.717) is 26.9 Å². The molecule has 0 spiro atoms. The Morgan fingerprint density at radius 2 is 1.60 bits per heavy atom. The molecule has 1 aliphatic rings. The molecule has 0 aromatic heterocycles. The smallest absolute Gasteiger partial charge is 0.266 e. The molecule has 5 heteroatoms. The highest BCUT2D eigenvalue weighted by molar-refractivity contribution is 9.10. The van der Waals surface area contributed by atoms with Crippen LogP contribution in [0.4, 0.5) is 5.69 Å². The summed E-state index contributed by atoms with van der Waals surface area (Å²) in [6, 6.07) is 13.5. The third-order valence-corrected chi connectivity index (χ3v) is 3.81. The number of hydrogen-bond acceptors (Lipinski definition) is 3. The molecule has 0 unspecified atom stereocenters. The second-order valence-corrected chi connectivity index (χ2v) is 5.12. The van der Waals surface area contributed by atoms with Gasteiger partial charge in [0.15, 0.2) is 0 Å². The minimum absolute atomic E-state index is 0.364. The number of nitriles is 1. The number of imide groups is 1. The van der Waals surface area contributed by atoms with E-state index in [0.717, 1.165) is 4.90 Å². The molecule has 1 aliphatic heterocycles. The van der Waals surface area contributed by atoms with Crippen LogP contribution in [0, 0.1) is 11.3 Å². The number of hydrogen-bond donors (Lipinski definition) is 0. The Morgan fingerprint density at radius 1 is 1.00 bits per heavy atom. The molecular weight excluding hydrogens is 320 g/mol. The molecular formula is C15H7BrN2O2. The van der Waals surface area contributed by atoms with Crippen molar-refractivity contribution in [3.8, 4) is 6.07 Å². The zero-order chi connectivity index (χ0) is 14.3. The number of carbonyl (C=O) groups excluding carboxylic acids is 2. The van der Waals surface area contributed by atoms with Crippen molar-refractivity contribution in [3.63, 3.8) is 0 Å². The molecule has 0 radical (unpaired) electrons. The van der Waals surface area contributed by atoms with E-state index in [9.17, 15) is 9.59 Å². The first kappa shape index (κ1) is 12.6. The van der Waals surface area contributed by atoms with Gasteiger partial charge in [-0.15, -0.1) is 0 Å². The fourth-order valence-electron chi connectivity index (χ4n) is 2.16. The fraction of sp³-hybridized carbons (Fsp3) is 0. The van der Waals surface area contributed by atoms with Crippen LogP contribution in [0.15, 0.2) is 46.9 Å². The van der Waals surface area contributed by atoms with Crippen molar-refractivity contribution in [2.45, 2.75) is 0 Å². The summed E-state index contributed by atoms with van der Waals surface area (Å²) in [6.07, 6.45) is 0. The van der Waals surface area contributed by atoms with Gasteiger partial charge in [-0.2, -0.15) is 5.26 Å². The number of halogens is 1. The van der Waals surface area contributed by atoms with Crippen molar-refractivity contribution in [3.05, 3.63) is 63.6 Å². The zero-order valence-electron chi connectivity index (χ0n) is 10.1. The van der Waals surface area contributed by atoms with Crippen LogP contribution in [0.3, 0.4) is 0 Å². The molecule has 1 heterocycles. The van der Waals surface area contributed by atoms with Gasteiger partial charge in [0, 0.05) is 4.47 Å². The Kier molecular flexibility index (Phi) is 2.88. The second-order valence-electron chi connectivity index (χ2n) is 4.27. The lowest BCUT2D eigenvalue weighted by Crippen LogP contribution is -2.29. The number of carbonyl (C=O) groups is 2. The molecule has 0 saturated carbocycles. The summed E-state index contributed by atoms with van der Waals surface area (Å²) in [6.45, 7) is 0. The van der Waals surface area contributed by atoms with E-state index >= 15 is 0 Å². The molecule has 0 fully saturated rings. The van der Waals surface area contributed by atoms with E-state index < -0.39 is 0 Å². The van der Waals surface area contributed by atoms with Gasteiger partial charge < -0.3 is 0 Å². The molecule has 20 heavy (non-hydrogen) atoms. The standard InChI is InChI=1S/C15H7BrN2O2/c16-13-6-5-10(7-9(13)8-17)18-14(19)11-3-1-2-4-12(11)15(18)20/h1-7H. The van der Waals surface area contributed by atoms with E-state index in [-0.39, 0.29) is 11.8 Å². The number of amides is 2. The van der Waals surface area contributed by atoms with Crippen LogP contribution in [0.2, 0.25) is 0 Å². The molecule has 0 N–H and O–H groups in total. The van der Waals surface area contributed by atoms with E-state index in [2.05, 4.69) is 15.9 Å².